The van der Waals surface area contributed by atoms with Crippen LogP contribution in [0.4, 0.5) is 0 Å². The Kier molecular flexibility index (Phi) is 4.90. The smallest absolute Gasteiger partial charge is 0.205 e. The summed E-state index contributed by atoms with van der Waals surface area (Å²) in [6.45, 7) is 30.9. The molecule has 0 saturated carbocycles. The Morgan fingerprint density at radius 3 is 0.826 bits per heavy atom. The third kappa shape index (κ3) is 2.80. The average Bonchev–Trinajstić information content (AvgIpc) is 1.34. The fraction of sp³-hybridized carbons (Fsp3) is 0.350. The maximum Gasteiger partial charge on any atom is 0.205 e. The standard InChI is InChI=1S/C80H46O12/c1-68(2,3)83-88-74-58-48-38-28-21-16-17-19-20-18(16)23-29(28)39-41-31(23)33-25(20)35-34-24(19)32-30-22(17)27-26(21)36(38)46-47-37(27)40(30)50-52-42(32)44(34)55-54-45(35)43(33)53-51(41)61(59(74)49(39)48)75(89-84-69(4,5)6)62(53)64(54)77(91-86-71(10,11)12)65(55)63(52)76(90-85-70(7,8)9)60(50)57(47)73(81,56(46)58)66-67(74)78(75)80(77,82-78)79(66,76)92-87-72(13,14)15/h81H,1-15H3/t73-,74+,75+,76-,77+,78+,79-,80-/m1/s1. The normalized spacial score (nSPS) is 32.0. The highest BCUT2D eigenvalue weighted by molar-refractivity contribution is 6.77. The minimum absolute atomic E-state index is 0.531. The molecule has 0 bridgehead atoms. The fourth-order valence-corrected chi connectivity index (χ4v) is 27.2. The van der Waals surface area contributed by atoms with Gasteiger partial charge in [-0.15, -0.1) is 0 Å². The summed E-state index contributed by atoms with van der Waals surface area (Å²) in [5.74, 6) is 0. The van der Waals surface area contributed by atoms with E-state index in [0.717, 1.165) is 109 Å². The topological polar surface area (TPSA) is 125 Å². The Morgan fingerprint density at radius 2 is 0.467 bits per heavy atom. The largest absolute Gasteiger partial charge is 0.376 e. The second kappa shape index (κ2) is 10.1. The second-order valence-corrected chi connectivity index (χ2v) is 36.5. The lowest BCUT2D eigenvalue weighted by Gasteiger charge is -2.63. The Bertz CT molecular complexity index is 7580. The van der Waals surface area contributed by atoms with Crippen molar-refractivity contribution in [3.05, 3.63) is 66.8 Å². The van der Waals surface area contributed by atoms with E-state index in [4.69, 9.17) is 53.6 Å². The lowest BCUT2D eigenvalue weighted by atomic mass is 9.45. The molecule has 33 rings (SSSR count). The molecule has 11 aliphatic carbocycles. The van der Waals surface area contributed by atoms with Gasteiger partial charge in [-0.1, -0.05) is 0 Å². The first kappa shape index (κ1) is 44.4. The Hall–Kier alpha value is -7.24. The third-order valence-electron chi connectivity index (χ3n) is 27.5. The van der Waals surface area contributed by atoms with Crippen molar-refractivity contribution in [3.63, 3.8) is 0 Å². The van der Waals surface area contributed by atoms with E-state index in [0.29, 0.717) is 11.1 Å². The maximum absolute atomic E-state index is 16.9. The zero-order valence-electron chi connectivity index (χ0n) is 52.4. The molecule has 12 heteroatoms. The molecule has 1 heterocycles. The van der Waals surface area contributed by atoms with E-state index in [-0.39, 0.29) is 0 Å². The molecule has 0 unspecified atom stereocenters. The summed E-state index contributed by atoms with van der Waals surface area (Å²) in [4.78, 5) is 79.0. The zero-order valence-corrected chi connectivity index (χ0v) is 52.4. The molecular weight excluding hydrogens is 1150 g/mol. The van der Waals surface area contributed by atoms with Gasteiger partial charge in [0.15, 0.2) is 33.6 Å². The first-order valence-corrected chi connectivity index (χ1v) is 33.5. The summed E-state index contributed by atoms with van der Waals surface area (Å²) in [6, 6.07) is 0. The summed E-state index contributed by atoms with van der Waals surface area (Å²) < 4.78 is 9.07. The predicted octanol–water partition coefficient (Wildman–Crippen LogP) is 17.8. The van der Waals surface area contributed by atoms with Gasteiger partial charge in [0.2, 0.25) is 5.60 Å². The van der Waals surface area contributed by atoms with Crippen LogP contribution in [0.25, 0.3) is 215 Å². The first-order valence-electron chi connectivity index (χ1n) is 33.5. The van der Waals surface area contributed by atoms with E-state index in [1.165, 1.54) is 162 Å². The van der Waals surface area contributed by atoms with Crippen molar-refractivity contribution >= 4 is 215 Å². The minimum atomic E-state index is -2.14. The molecule has 92 heavy (non-hydrogen) atoms. The van der Waals surface area contributed by atoms with Crippen molar-refractivity contribution in [1.82, 2.24) is 0 Å². The van der Waals surface area contributed by atoms with Crippen molar-refractivity contribution in [2.45, 2.75) is 177 Å². The van der Waals surface area contributed by atoms with Gasteiger partial charge in [0, 0.05) is 66.8 Å². The monoisotopic (exact) mass is 1200 g/mol. The number of ether oxygens (including phenoxy) is 1. The summed E-state index contributed by atoms with van der Waals surface area (Å²) in [5, 5.41) is 67.7. The molecule has 2 spiro atoms. The number of epoxide rings is 1. The maximum atomic E-state index is 16.9. The van der Waals surface area contributed by atoms with Crippen LogP contribution in [0, 0.1) is 0 Å². The van der Waals surface area contributed by atoms with Crippen molar-refractivity contribution in [1.29, 1.82) is 0 Å². The zero-order chi connectivity index (χ0) is 60.3. The molecule has 8 atom stereocenters. The highest BCUT2D eigenvalue weighted by Gasteiger charge is 3.12. The highest BCUT2D eigenvalue weighted by Crippen LogP contribution is 3.00. The molecule has 21 aromatic rings. The third-order valence-corrected chi connectivity index (χ3v) is 27.5. The quantitative estimate of drug-likeness (QED) is 0.0461. The van der Waals surface area contributed by atoms with Gasteiger partial charge in [-0.05, 0) is 319 Å². The molecule has 0 aromatic heterocycles. The lowest BCUT2D eigenvalue weighted by molar-refractivity contribution is -0.505. The molecule has 438 valence electrons. The molecule has 1 aliphatic heterocycles. The van der Waals surface area contributed by atoms with Gasteiger partial charge < -0.3 is 9.84 Å². The lowest BCUT2D eigenvalue weighted by Crippen LogP contribution is -2.79. The Labute approximate surface area is 515 Å². The second-order valence-electron chi connectivity index (χ2n) is 36.5. The van der Waals surface area contributed by atoms with Crippen molar-refractivity contribution < 1.29 is 58.7 Å². The molecule has 1 fully saturated rings. The van der Waals surface area contributed by atoms with Crippen LogP contribution in [0.15, 0.2) is 11.1 Å². The molecule has 1 saturated heterocycles. The van der Waals surface area contributed by atoms with Gasteiger partial charge in [-0.25, -0.2) is 48.9 Å². The van der Waals surface area contributed by atoms with E-state index < -0.39 is 72.8 Å². The molecule has 12 aliphatic rings. The summed E-state index contributed by atoms with van der Waals surface area (Å²) in [5.41, 5.74) is -9.27. The summed E-state index contributed by atoms with van der Waals surface area (Å²) >= 11 is 0. The molecule has 0 amide bonds. The SMILES string of the molecule is CC(C)(C)OO[C@@]12C3=C4[C@@]5(O)c6c1c1c7c2c2c8c9c%10c%11c%12c%13c%14c%15c%16c%17c(c5c5c6c6c1c1c%18c7c8c7c8c9c%12c9c%12c%13c%16c%13c%16c%17c5c5c6c1c1c(c5%16)c(c%13%12)c(c89)c1c%187)[C@]%15(OOC(C)(C)C)[C@@]4(OOC(C)(C)C)[C@@]1(O[C@]31[C@]2%10OOC(C)(C)C)[C@@]%14%11OOC(C)(C)C. The van der Waals surface area contributed by atoms with Crippen LogP contribution in [0.2, 0.25) is 0 Å². The van der Waals surface area contributed by atoms with Gasteiger partial charge in [-0.3, -0.25) is 0 Å². The van der Waals surface area contributed by atoms with Crippen LogP contribution >= 0.6 is 0 Å². The van der Waals surface area contributed by atoms with E-state index >= 15 is 5.11 Å². The fourth-order valence-electron chi connectivity index (χ4n) is 27.2. The van der Waals surface area contributed by atoms with Gasteiger partial charge in [0.25, 0.3) is 0 Å². The number of aliphatic hydroxyl groups is 1. The van der Waals surface area contributed by atoms with E-state index in [1.54, 1.807) is 0 Å². The van der Waals surface area contributed by atoms with E-state index in [2.05, 4.69) is 83.1 Å². The van der Waals surface area contributed by atoms with Gasteiger partial charge in [0.05, 0.1) is 28.0 Å². The Morgan fingerprint density at radius 1 is 0.239 bits per heavy atom. The average molecular weight is 1200 g/mol. The van der Waals surface area contributed by atoms with E-state index in [9.17, 15) is 0 Å². The predicted molar refractivity (Wildman–Crippen MR) is 350 cm³/mol. The summed E-state index contributed by atoms with van der Waals surface area (Å²) in [6.07, 6.45) is 0. The van der Waals surface area contributed by atoms with Crippen LogP contribution < -0.4 is 0 Å². The van der Waals surface area contributed by atoms with Crippen molar-refractivity contribution in [2.24, 2.45) is 0 Å². The summed E-state index contributed by atoms with van der Waals surface area (Å²) in [7, 11) is 0. The minimum Gasteiger partial charge on any atom is -0.376 e. The van der Waals surface area contributed by atoms with E-state index in [1.807, 2.05) is 20.8 Å². The highest BCUT2D eigenvalue weighted by atomic mass is 17.3. The van der Waals surface area contributed by atoms with Crippen LogP contribution in [0.3, 0.4) is 0 Å². The number of benzene rings is 15. The molecule has 12 nitrogen and oxygen atoms in total. The molecule has 0 radical (unpaired) electrons. The number of hydrogen-bond donors (Lipinski definition) is 1. The van der Waals surface area contributed by atoms with Gasteiger partial charge in [-0.2, -0.15) is 0 Å². The number of hydrogen-bond acceptors (Lipinski definition) is 12. The first-order chi connectivity index (χ1) is 43.7. The Balaban J connectivity index is 1.04. The van der Waals surface area contributed by atoms with Gasteiger partial charge >= 0.3 is 0 Å². The van der Waals surface area contributed by atoms with Crippen molar-refractivity contribution in [3.8, 4) is 0 Å². The van der Waals surface area contributed by atoms with Gasteiger partial charge in [0.1, 0.15) is 5.60 Å². The molecule has 21 aromatic carbocycles. The van der Waals surface area contributed by atoms with Crippen LogP contribution in [0.1, 0.15) is 159 Å². The number of rotatable bonds is 10. The van der Waals surface area contributed by atoms with Crippen LogP contribution in [-0.2, 0) is 81.6 Å². The van der Waals surface area contributed by atoms with Crippen LogP contribution in [0.5, 0.6) is 0 Å². The molecule has 1 N–H and O–H groups in total. The van der Waals surface area contributed by atoms with Crippen molar-refractivity contribution in [2.75, 3.05) is 0 Å². The van der Waals surface area contributed by atoms with Crippen LogP contribution in [-0.4, -0.2) is 49.9 Å². The molecular formula is C80H46O12.